The van der Waals surface area contributed by atoms with Gasteiger partial charge in [-0.1, -0.05) is 31.0 Å². The molecule has 1 aliphatic rings. The molecule has 0 bridgehead atoms. The second kappa shape index (κ2) is 4.88. The number of nitrogens with zero attached hydrogens (tertiary/aromatic N) is 1. The van der Waals surface area contributed by atoms with E-state index >= 15 is 0 Å². The number of nitrogens with two attached hydrogens (primary N) is 1. The average molecular weight is 255 g/mol. The fourth-order valence-electron chi connectivity index (χ4n) is 2.28. The molecule has 1 saturated carbocycles. The van der Waals surface area contributed by atoms with E-state index in [1.807, 2.05) is 24.3 Å². The summed E-state index contributed by atoms with van der Waals surface area (Å²) in [5.74, 6) is 1.14. The van der Waals surface area contributed by atoms with Crippen molar-refractivity contribution in [3.05, 3.63) is 35.9 Å². The van der Waals surface area contributed by atoms with E-state index in [9.17, 15) is 4.79 Å². The van der Waals surface area contributed by atoms with Gasteiger partial charge in [0.2, 0.25) is 0 Å². The summed E-state index contributed by atoms with van der Waals surface area (Å²) in [4.78, 5) is 16.5. The quantitative estimate of drug-likeness (QED) is 0.881. The third-order valence-electron chi connectivity index (χ3n) is 3.52. The first-order valence-corrected chi connectivity index (χ1v) is 6.67. The maximum absolute atomic E-state index is 12.2. The molecule has 98 valence electrons. The zero-order chi connectivity index (χ0) is 13.2. The van der Waals surface area contributed by atoms with Gasteiger partial charge in [0.15, 0.2) is 0 Å². The highest BCUT2D eigenvalue weighted by Crippen LogP contribution is 2.31. The minimum absolute atomic E-state index is 0.0639. The summed E-state index contributed by atoms with van der Waals surface area (Å²) >= 11 is 0. The van der Waals surface area contributed by atoms with Crippen molar-refractivity contribution in [3.8, 4) is 0 Å². The van der Waals surface area contributed by atoms with Gasteiger partial charge in [-0.3, -0.25) is 4.79 Å². The molecule has 0 atom stereocenters. The van der Waals surface area contributed by atoms with E-state index in [2.05, 4.69) is 10.3 Å². The van der Waals surface area contributed by atoms with Crippen LogP contribution in [0.4, 0.5) is 5.82 Å². The number of carbonyl (C=O) groups is 1. The van der Waals surface area contributed by atoms with Gasteiger partial charge in [0.25, 0.3) is 5.91 Å². The van der Waals surface area contributed by atoms with Gasteiger partial charge in [-0.25, -0.2) is 4.98 Å². The maximum Gasteiger partial charge on any atom is 0.252 e. The Morgan fingerprint density at radius 3 is 2.95 bits per heavy atom. The number of hydrogen-bond donors (Lipinski definition) is 2. The van der Waals surface area contributed by atoms with Gasteiger partial charge in [0.1, 0.15) is 5.82 Å². The molecular formula is C15H17N3O. The second-order valence-corrected chi connectivity index (χ2v) is 5.10. The number of para-hydroxylation sites is 1. The highest BCUT2D eigenvalue weighted by molar-refractivity contribution is 6.06. The fourth-order valence-corrected chi connectivity index (χ4v) is 2.28. The number of pyridine rings is 1. The zero-order valence-corrected chi connectivity index (χ0v) is 10.7. The molecule has 3 N–H and O–H groups in total. The first-order valence-electron chi connectivity index (χ1n) is 6.67. The topological polar surface area (TPSA) is 68.0 Å². The van der Waals surface area contributed by atoms with Gasteiger partial charge >= 0.3 is 0 Å². The van der Waals surface area contributed by atoms with Crippen LogP contribution >= 0.6 is 0 Å². The summed E-state index contributed by atoms with van der Waals surface area (Å²) in [6.07, 6.45) is 3.69. The van der Waals surface area contributed by atoms with E-state index in [4.69, 9.17) is 5.73 Å². The molecule has 4 heteroatoms. The SMILES string of the molecule is Nc1cc(C(=O)NCCC2CC2)c2ccccc2n1. The van der Waals surface area contributed by atoms with Crippen LogP contribution < -0.4 is 11.1 Å². The number of nitrogen functional groups attached to an aromatic ring is 1. The molecule has 1 aromatic carbocycles. The number of fused-ring (bicyclic) bond motifs is 1. The lowest BCUT2D eigenvalue weighted by Gasteiger charge is -2.08. The third kappa shape index (κ3) is 2.67. The van der Waals surface area contributed by atoms with E-state index in [-0.39, 0.29) is 5.91 Å². The Kier molecular flexibility index (Phi) is 3.07. The van der Waals surface area contributed by atoms with Crippen LogP contribution in [0.25, 0.3) is 10.9 Å². The standard InChI is InChI=1S/C15H17N3O/c16-14-9-12(11-3-1-2-4-13(11)18-14)15(19)17-8-7-10-5-6-10/h1-4,9-10H,5-8H2,(H2,16,18)(H,17,19). The monoisotopic (exact) mass is 255 g/mol. The smallest absolute Gasteiger partial charge is 0.252 e. The van der Waals surface area contributed by atoms with E-state index in [1.54, 1.807) is 6.07 Å². The van der Waals surface area contributed by atoms with E-state index in [1.165, 1.54) is 12.8 Å². The highest BCUT2D eigenvalue weighted by Gasteiger charge is 2.21. The zero-order valence-electron chi connectivity index (χ0n) is 10.7. The van der Waals surface area contributed by atoms with Crippen LogP contribution in [0, 0.1) is 5.92 Å². The maximum atomic E-state index is 12.2. The Labute approximate surface area is 112 Å². The normalized spacial score (nSPS) is 14.5. The van der Waals surface area contributed by atoms with E-state index < -0.39 is 0 Å². The highest BCUT2D eigenvalue weighted by atomic mass is 16.1. The molecule has 19 heavy (non-hydrogen) atoms. The van der Waals surface area contributed by atoms with Gasteiger partial charge in [-0.15, -0.1) is 0 Å². The van der Waals surface area contributed by atoms with Gasteiger partial charge < -0.3 is 11.1 Å². The Bertz CT molecular complexity index is 620. The number of anilines is 1. The summed E-state index contributed by atoms with van der Waals surface area (Å²) in [6.45, 7) is 0.736. The molecule has 1 amide bonds. The number of aromatic nitrogens is 1. The number of benzene rings is 1. The van der Waals surface area contributed by atoms with Crippen molar-refractivity contribution in [3.63, 3.8) is 0 Å². The molecule has 0 radical (unpaired) electrons. The number of carbonyl (C=O) groups excluding carboxylic acids is 1. The van der Waals surface area contributed by atoms with Crippen molar-refractivity contribution < 1.29 is 4.79 Å². The predicted octanol–water partition coefficient (Wildman–Crippen LogP) is 2.35. The molecule has 0 aliphatic heterocycles. The Balaban J connectivity index is 1.83. The average Bonchev–Trinajstić information content (AvgIpc) is 3.21. The van der Waals surface area contributed by atoms with E-state index in [0.29, 0.717) is 11.4 Å². The summed E-state index contributed by atoms with van der Waals surface area (Å²) in [6, 6.07) is 9.21. The molecular weight excluding hydrogens is 238 g/mol. The fraction of sp³-hybridized carbons (Fsp3) is 0.333. The van der Waals surface area contributed by atoms with Crippen LogP contribution in [0.15, 0.2) is 30.3 Å². The van der Waals surface area contributed by atoms with Crippen molar-refractivity contribution in [1.82, 2.24) is 10.3 Å². The van der Waals surface area contributed by atoms with Crippen LogP contribution in [0.5, 0.6) is 0 Å². The minimum Gasteiger partial charge on any atom is -0.384 e. The van der Waals surface area contributed by atoms with Crippen LogP contribution in [0.3, 0.4) is 0 Å². The molecule has 0 spiro atoms. The number of nitrogens with one attached hydrogen (secondary N) is 1. The molecule has 4 nitrogen and oxygen atoms in total. The number of amides is 1. The van der Waals surface area contributed by atoms with Crippen molar-refractivity contribution in [2.24, 2.45) is 5.92 Å². The molecule has 1 fully saturated rings. The Morgan fingerprint density at radius 2 is 2.16 bits per heavy atom. The largest absolute Gasteiger partial charge is 0.384 e. The first kappa shape index (κ1) is 12.0. The molecule has 1 aliphatic carbocycles. The lowest BCUT2D eigenvalue weighted by atomic mass is 10.1. The van der Waals surface area contributed by atoms with Crippen LogP contribution in [0.1, 0.15) is 29.6 Å². The number of hydrogen-bond acceptors (Lipinski definition) is 3. The molecule has 2 aromatic rings. The van der Waals surface area contributed by atoms with Crippen LogP contribution in [-0.4, -0.2) is 17.4 Å². The molecule has 1 aromatic heterocycles. The molecule has 0 saturated heterocycles. The molecule has 3 rings (SSSR count). The van der Waals surface area contributed by atoms with Gasteiger partial charge in [-0.2, -0.15) is 0 Å². The van der Waals surface area contributed by atoms with Crippen molar-refractivity contribution in [2.45, 2.75) is 19.3 Å². The summed E-state index contributed by atoms with van der Waals surface area (Å²) < 4.78 is 0. The number of rotatable bonds is 4. The molecule has 0 unspecified atom stereocenters. The molecule has 1 heterocycles. The minimum atomic E-state index is -0.0639. The Morgan fingerprint density at radius 1 is 1.37 bits per heavy atom. The van der Waals surface area contributed by atoms with Gasteiger partial charge in [-0.05, 0) is 24.5 Å². The van der Waals surface area contributed by atoms with Crippen LogP contribution in [-0.2, 0) is 0 Å². The summed E-state index contributed by atoms with van der Waals surface area (Å²) in [7, 11) is 0. The summed E-state index contributed by atoms with van der Waals surface area (Å²) in [5, 5.41) is 3.82. The van der Waals surface area contributed by atoms with Crippen molar-refractivity contribution in [1.29, 1.82) is 0 Å². The Hall–Kier alpha value is -2.10. The summed E-state index contributed by atoms with van der Waals surface area (Å²) in [5.41, 5.74) is 7.13. The van der Waals surface area contributed by atoms with Gasteiger partial charge in [0.05, 0.1) is 11.1 Å². The van der Waals surface area contributed by atoms with Crippen molar-refractivity contribution >= 4 is 22.6 Å². The van der Waals surface area contributed by atoms with E-state index in [0.717, 1.165) is 29.8 Å². The lowest BCUT2D eigenvalue weighted by molar-refractivity contribution is 0.0954. The van der Waals surface area contributed by atoms with Crippen molar-refractivity contribution in [2.75, 3.05) is 12.3 Å². The van der Waals surface area contributed by atoms with Crippen LogP contribution in [0.2, 0.25) is 0 Å². The first-order chi connectivity index (χ1) is 9.24. The third-order valence-corrected chi connectivity index (χ3v) is 3.52. The lowest BCUT2D eigenvalue weighted by Crippen LogP contribution is -2.25. The van der Waals surface area contributed by atoms with Gasteiger partial charge in [0, 0.05) is 11.9 Å². The second-order valence-electron chi connectivity index (χ2n) is 5.10. The predicted molar refractivity (Wildman–Crippen MR) is 75.8 cm³/mol.